The molecule has 0 bridgehead atoms. The summed E-state index contributed by atoms with van der Waals surface area (Å²) in [6, 6.07) is 3.74. The molecule has 0 saturated heterocycles. The van der Waals surface area contributed by atoms with E-state index in [9.17, 15) is 5.11 Å². The van der Waals surface area contributed by atoms with Crippen LogP contribution < -0.4 is 4.90 Å². The van der Waals surface area contributed by atoms with Crippen molar-refractivity contribution >= 4 is 17.2 Å². The lowest BCUT2D eigenvalue weighted by atomic mass is 10.1. The van der Waals surface area contributed by atoms with Gasteiger partial charge in [-0.1, -0.05) is 6.07 Å². The molecule has 2 aromatic rings. The Hall–Kier alpha value is -1.46. The lowest BCUT2D eigenvalue weighted by molar-refractivity contribution is 0.199. The molecule has 0 spiro atoms. The molecule has 2 heterocycles. The number of aliphatic hydroxyl groups excluding tert-OH is 1. The molecule has 0 aromatic carbocycles. The molecule has 0 fully saturated rings. The Morgan fingerprint density at radius 2 is 2.28 bits per heavy atom. The summed E-state index contributed by atoms with van der Waals surface area (Å²) in [5.41, 5.74) is 1.87. The van der Waals surface area contributed by atoms with Crippen LogP contribution in [-0.2, 0) is 6.54 Å². The van der Waals surface area contributed by atoms with Gasteiger partial charge in [-0.25, -0.2) is 9.97 Å². The smallest absolute Gasteiger partial charge is 0.134 e. The molecule has 0 aliphatic rings. The summed E-state index contributed by atoms with van der Waals surface area (Å²) in [4.78, 5) is 10.8. The van der Waals surface area contributed by atoms with Crippen LogP contribution in [-0.4, -0.2) is 22.1 Å². The van der Waals surface area contributed by atoms with Gasteiger partial charge in [-0.15, -0.1) is 11.3 Å². The SMILES string of the molecule is Cc1nc(CN(C)c2ncccc2[C@H](C)O)cs1. The molecule has 0 aliphatic carbocycles. The summed E-state index contributed by atoms with van der Waals surface area (Å²) < 4.78 is 0. The van der Waals surface area contributed by atoms with E-state index >= 15 is 0 Å². The number of aryl methyl sites for hydroxylation is 1. The van der Waals surface area contributed by atoms with Crippen molar-refractivity contribution in [2.24, 2.45) is 0 Å². The average molecular weight is 263 g/mol. The van der Waals surface area contributed by atoms with Crippen molar-refractivity contribution in [1.82, 2.24) is 9.97 Å². The number of thiazole rings is 1. The quantitative estimate of drug-likeness (QED) is 0.921. The zero-order valence-electron chi connectivity index (χ0n) is 10.8. The maximum Gasteiger partial charge on any atom is 0.134 e. The number of pyridine rings is 1. The Labute approximate surface area is 111 Å². The van der Waals surface area contributed by atoms with Crippen LogP contribution in [0.3, 0.4) is 0 Å². The summed E-state index contributed by atoms with van der Waals surface area (Å²) in [7, 11) is 1.96. The van der Waals surface area contributed by atoms with Gasteiger partial charge in [0.1, 0.15) is 5.82 Å². The number of hydrogen-bond donors (Lipinski definition) is 1. The van der Waals surface area contributed by atoms with Crippen LogP contribution in [0.4, 0.5) is 5.82 Å². The number of nitrogens with zero attached hydrogens (tertiary/aromatic N) is 3. The van der Waals surface area contributed by atoms with Gasteiger partial charge >= 0.3 is 0 Å². The van der Waals surface area contributed by atoms with Gasteiger partial charge in [0.25, 0.3) is 0 Å². The summed E-state index contributed by atoms with van der Waals surface area (Å²) >= 11 is 1.64. The molecular formula is C13H17N3OS. The fraction of sp³-hybridized carbons (Fsp3) is 0.385. The maximum atomic E-state index is 9.74. The highest BCUT2D eigenvalue weighted by Crippen LogP contribution is 2.24. The van der Waals surface area contributed by atoms with Gasteiger partial charge in [0, 0.05) is 24.2 Å². The second-order valence-corrected chi connectivity index (χ2v) is 5.37. The van der Waals surface area contributed by atoms with Gasteiger partial charge in [-0.05, 0) is 19.9 Å². The summed E-state index contributed by atoms with van der Waals surface area (Å²) in [6.07, 6.45) is 1.22. The Balaban J connectivity index is 2.20. The lowest BCUT2D eigenvalue weighted by Gasteiger charge is -2.21. The predicted octanol–water partition coefficient (Wildman–Crippen LogP) is 2.54. The summed E-state index contributed by atoms with van der Waals surface area (Å²) in [5, 5.41) is 12.9. The third-order valence-electron chi connectivity index (χ3n) is 2.69. The van der Waals surface area contributed by atoms with Crippen molar-refractivity contribution in [2.45, 2.75) is 26.5 Å². The predicted molar refractivity (Wildman–Crippen MR) is 73.8 cm³/mol. The van der Waals surface area contributed by atoms with Crippen LogP contribution in [0, 0.1) is 6.92 Å². The molecule has 1 N–H and O–H groups in total. The maximum absolute atomic E-state index is 9.74. The highest BCUT2D eigenvalue weighted by Gasteiger charge is 2.13. The van der Waals surface area contributed by atoms with Crippen LogP contribution >= 0.6 is 11.3 Å². The molecule has 0 saturated carbocycles. The molecule has 1 atom stereocenters. The van der Waals surface area contributed by atoms with Crippen LogP contribution in [0.15, 0.2) is 23.7 Å². The number of anilines is 1. The molecule has 2 rings (SSSR count). The molecule has 5 heteroatoms. The molecule has 96 valence electrons. The Morgan fingerprint density at radius 1 is 1.50 bits per heavy atom. The highest BCUT2D eigenvalue weighted by molar-refractivity contribution is 7.09. The fourth-order valence-electron chi connectivity index (χ4n) is 1.85. The van der Waals surface area contributed by atoms with Crippen LogP contribution in [0.25, 0.3) is 0 Å². The third kappa shape index (κ3) is 2.86. The van der Waals surface area contributed by atoms with Crippen LogP contribution in [0.2, 0.25) is 0 Å². The standard InChI is InChI=1S/C13H17N3OS/c1-9(17)12-5-4-6-14-13(12)16(3)7-11-8-18-10(2)15-11/h4-6,8-9,17H,7H2,1-3H3/t9-/m0/s1. The third-order valence-corrected chi connectivity index (χ3v) is 3.52. The normalized spacial score (nSPS) is 12.4. The minimum Gasteiger partial charge on any atom is -0.389 e. The average Bonchev–Trinajstić information content (AvgIpc) is 2.74. The molecule has 18 heavy (non-hydrogen) atoms. The first-order valence-electron chi connectivity index (χ1n) is 5.83. The van der Waals surface area contributed by atoms with E-state index < -0.39 is 6.10 Å². The van der Waals surface area contributed by atoms with Crippen molar-refractivity contribution in [3.63, 3.8) is 0 Å². The zero-order valence-corrected chi connectivity index (χ0v) is 11.6. The molecule has 4 nitrogen and oxygen atoms in total. The largest absolute Gasteiger partial charge is 0.389 e. The zero-order chi connectivity index (χ0) is 13.1. The first-order chi connectivity index (χ1) is 8.58. The second-order valence-electron chi connectivity index (χ2n) is 4.31. The van der Waals surface area contributed by atoms with Crippen molar-refractivity contribution < 1.29 is 5.11 Å². The Bertz CT molecular complexity index is 524. The lowest BCUT2D eigenvalue weighted by Crippen LogP contribution is -2.20. The van der Waals surface area contributed by atoms with E-state index in [1.165, 1.54) is 0 Å². The number of rotatable bonds is 4. The van der Waals surface area contributed by atoms with Gasteiger partial charge in [-0.2, -0.15) is 0 Å². The monoisotopic (exact) mass is 263 g/mol. The topological polar surface area (TPSA) is 49.2 Å². The fourth-order valence-corrected chi connectivity index (χ4v) is 2.46. The van der Waals surface area contributed by atoms with Gasteiger partial charge in [0.05, 0.1) is 23.4 Å². The molecule has 2 aromatic heterocycles. The van der Waals surface area contributed by atoms with Gasteiger partial charge < -0.3 is 10.0 Å². The Kier molecular flexibility index (Phi) is 3.93. The van der Waals surface area contributed by atoms with E-state index in [0.717, 1.165) is 22.1 Å². The van der Waals surface area contributed by atoms with E-state index in [4.69, 9.17) is 0 Å². The Morgan fingerprint density at radius 3 is 2.89 bits per heavy atom. The first kappa shape index (κ1) is 13.0. The number of aromatic nitrogens is 2. The minimum atomic E-state index is -0.520. The molecule has 0 radical (unpaired) electrons. The van der Waals surface area contributed by atoms with E-state index in [1.807, 2.05) is 31.0 Å². The summed E-state index contributed by atoms with van der Waals surface area (Å²) in [6.45, 7) is 4.44. The van der Waals surface area contributed by atoms with Gasteiger partial charge in [-0.3, -0.25) is 0 Å². The molecule has 0 amide bonds. The van der Waals surface area contributed by atoms with E-state index in [-0.39, 0.29) is 0 Å². The van der Waals surface area contributed by atoms with Crippen molar-refractivity contribution in [2.75, 3.05) is 11.9 Å². The molecule has 0 unspecified atom stereocenters. The van der Waals surface area contributed by atoms with Crippen molar-refractivity contribution in [3.8, 4) is 0 Å². The van der Waals surface area contributed by atoms with E-state index in [1.54, 1.807) is 24.5 Å². The van der Waals surface area contributed by atoms with E-state index in [0.29, 0.717) is 6.54 Å². The number of aliphatic hydroxyl groups is 1. The molecule has 0 aliphatic heterocycles. The van der Waals surface area contributed by atoms with Crippen molar-refractivity contribution in [1.29, 1.82) is 0 Å². The van der Waals surface area contributed by atoms with Crippen molar-refractivity contribution in [3.05, 3.63) is 40.0 Å². The second kappa shape index (κ2) is 5.46. The van der Waals surface area contributed by atoms with Gasteiger partial charge in [0.2, 0.25) is 0 Å². The van der Waals surface area contributed by atoms with Crippen LogP contribution in [0.1, 0.15) is 29.3 Å². The summed E-state index contributed by atoms with van der Waals surface area (Å²) in [5.74, 6) is 0.804. The minimum absolute atomic E-state index is 0.520. The van der Waals surface area contributed by atoms with Crippen LogP contribution in [0.5, 0.6) is 0 Å². The molecular weight excluding hydrogens is 246 g/mol. The van der Waals surface area contributed by atoms with Gasteiger partial charge in [0.15, 0.2) is 0 Å². The highest BCUT2D eigenvalue weighted by atomic mass is 32.1. The number of hydrogen-bond acceptors (Lipinski definition) is 5. The van der Waals surface area contributed by atoms with E-state index in [2.05, 4.69) is 15.3 Å². The first-order valence-corrected chi connectivity index (χ1v) is 6.71.